The van der Waals surface area contributed by atoms with Gasteiger partial charge in [0.1, 0.15) is 22.3 Å². The van der Waals surface area contributed by atoms with Crippen LogP contribution in [0.4, 0.5) is 14.6 Å². The summed E-state index contributed by atoms with van der Waals surface area (Å²) < 4.78 is 27.3. The molecule has 1 aromatic carbocycles. The molecule has 3 rings (SSSR count). The molecule has 6 heteroatoms. The highest BCUT2D eigenvalue weighted by Crippen LogP contribution is 2.29. The van der Waals surface area contributed by atoms with Crippen molar-refractivity contribution in [3.8, 4) is 11.4 Å². The fourth-order valence-electron chi connectivity index (χ4n) is 2.02. The Balaban J connectivity index is 2.16. The number of hydrogen-bond acceptors (Lipinski definition) is 4. The van der Waals surface area contributed by atoms with E-state index in [1.165, 1.54) is 11.3 Å². The zero-order valence-corrected chi connectivity index (χ0v) is 12.2. The SMILES string of the molecule is CCCNc1nc(-c2cc(F)ccc2F)nc2sccc12. The van der Waals surface area contributed by atoms with Crippen molar-refractivity contribution < 1.29 is 8.78 Å². The van der Waals surface area contributed by atoms with Crippen molar-refractivity contribution in [1.29, 1.82) is 0 Å². The molecule has 0 fully saturated rings. The van der Waals surface area contributed by atoms with Crippen LogP contribution in [0.5, 0.6) is 0 Å². The van der Waals surface area contributed by atoms with Gasteiger partial charge < -0.3 is 5.32 Å². The van der Waals surface area contributed by atoms with Crippen LogP contribution in [0.3, 0.4) is 0 Å². The highest BCUT2D eigenvalue weighted by Gasteiger charge is 2.14. The van der Waals surface area contributed by atoms with Gasteiger partial charge in [0.05, 0.1) is 10.9 Å². The predicted molar refractivity (Wildman–Crippen MR) is 81.5 cm³/mol. The molecule has 3 aromatic rings. The Kier molecular flexibility index (Phi) is 3.79. The smallest absolute Gasteiger partial charge is 0.166 e. The van der Waals surface area contributed by atoms with Gasteiger partial charge in [0.2, 0.25) is 0 Å². The maximum atomic E-state index is 13.9. The lowest BCUT2D eigenvalue weighted by Crippen LogP contribution is -2.04. The maximum Gasteiger partial charge on any atom is 0.166 e. The van der Waals surface area contributed by atoms with Gasteiger partial charge in [-0.2, -0.15) is 0 Å². The molecule has 0 radical (unpaired) electrons. The van der Waals surface area contributed by atoms with Gasteiger partial charge in [0.15, 0.2) is 5.82 Å². The van der Waals surface area contributed by atoms with Gasteiger partial charge in [0.25, 0.3) is 0 Å². The molecule has 2 aromatic heterocycles. The molecule has 0 saturated heterocycles. The van der Waals surface area contributed by atoms with Gasteiger partial charge in [-0.05, 0) is 36.1 Å². The Morgan fingerprint density at radius 1 is 1.19 bits per heavy atom. The van der Waals surface area contributed by atoms with Gasteiger partial charge in [-0.3, -0.25) is 0 Å². The molecule has 0 amide bonds. The molecule has 0 aliphatic carbocycles. The Morgan fingerprint density at radius 3 is 2.86 bits per heavy atom. The fraction of sp³-hybridized carbons (Fsp3) is 0.200. The minimum absolute atomic E-state index is 0.0739. The number of nitrogens with zero attached hydrogens (tertiary/aromatic N) is 2. The summed E-state index contributed by atoms with van der Waals surface area (Å²) in [6.45, 7) is 2.80. The second-order valence-electron chi connectivity index (χ2n) is 4.59. The van der Waals surface area contributed by atoms with Crippen molar-refractivity contribution in [2.45, 2.75) is 13.3 Å². The fourth-order valence-corrected chi connectivity index (χ4v) is 2.79. The predicted octanol–water partition coefficient (Wildman–Crippen LogP) is 4.46. The Labute approximate surface area is 124 Å². The number of halogens is 2. The van der Waals surface area contributed by atoms with Crippen LogP contribution >= 0.6 is 11.3 Å². The van der Waals surface area contributed by atoms with Gasteiger partial charge in [0, 0.05) is 6.54 Å². The highest BCUT2D eigenvalue weighted by atomic mass is 32.1. The summed E-state index contributed by atoms with van der Waals surface area (Å²) >= 11 is 1.45. The van der Waals surface area contributed by atoms with E-state index in [0.29, 0.717) is 5.82 Å². The summed E-state index contributed by atoms with van der Waals surface area (Å²) in [7, 11) is 0. The molecule has 0 spiro atoms. The molecule has 1 N–H and O–H groups in total. The maximum absolute atomic E-state index is 13.9. The van der Waals surface area contributed by atoms with Crippen molar-refractivity contribution in [2.24, 2.45) is 0 Å². The topological polar surface area (TPSA) is 37.8 Å². The third-order valence-electron chi connectivity index (χ3n) is 3.04. The molecule has 108 valence electrons. The van der Waals surface area contributed by atoms with E-state index >= 15 is 0 Å². The average Bonchev–Trinajstić information content (AvgIpc) is 2.95. The molecule has 0 aliphatic rings. The number of thiophene rings is 1. The van der Waals surface area contributed by atoms with Gasteiger partial charge >= 0.3 is 0 Å². The number of hydrogen-bond donors (Lipinski definition) is 1. The summed E-state index contributed by atoms with van der Waals surface area (Å²) in [5.74, 6) is -0.194. The Hall–Kier alpha value is -2.08. The monoisotopic (exact) mass is 305 g/mol. The quantitative estimate of drug-likeness (QED) is 0.773. The summed E-state index contributed by atoms with van der Waals surface area (Å²) in [4.78, 5) is 9.45. The Morgan fingerprint density at radius 2 is 2.05 bits per heavy atom. The van der Waals surface area contributed by atoms with Crippen LogP contribution < -0.4 is 5.32 Å². The van der Waals surface area contributed by atoms with Crippen LogP contribution in [0.1, 0.15) is 13.3 Å². The molecule has 21 heavy (non-hydrogen) atoms. The molecular formula is C15H13F2N3S. The second kappa shape index (κ2) is 5.73. The van der Waals surface area contributed by atoms with E-state index in [4.69, 9.17) is 0 Å². The summed E-state index contributed by atoms with van der Waals surface area (Å²) in [6.07, 6.45) is 0.944. The van der Waals surface area contributed by atoms with Crippen molar-refractivity contribution >= 4 is 27.4 Å². The third-order valence-corrected chi connectivity index (χ3v) is 3.84. The lowest BCUT2D eigenvalue weighted by Gasteiger charge is -2.08. The largest absolute Gasteiger partial charge is 0.369 e. The molecule has 0 atom stereocenters. The number of anilines is 1. The first-order valence-electron chi connectivity index (χ1n) is 6.63. The van der Waals surface area contributed by atoms with Crippen molar-refractivity contribution in [3.63, 3.8) is 0 Å². The summed E-state index contributed by atoms with van der Waals surface area (Å²) in [5.41, 5.74) is 0.0739. The number of fused-ring (bicyclic) bond motifs is 1. The van der Waals surface area contributed by atoms with Crippen LogP contribution in [-0.4, -0.2) is 16.5 Å². The van der Waals surface area contributed by atoms with Crippen LogP contribution in [0, 0.1) is 11.6 Å². The van der Waals surface area contributed by atoms with E-state index in [0.717, 1.165) is 41.4 Å². The van der Waals surface area contributed by atoms with Crippen LogP contribution in [0.25, 0.3) is 21.6 Å². The summed E-state index contributed by atoms with van der Waals surface area (Å²) in [6, 6.07) is 5.21. The zero-order valence-electron chi connectivity index (χ0n) is 11.4. The molecule has 0 bridgehead atoms. The van der Waals surface area contributed by atoms with E-state index in [-0.39, 0.29) is 11.4 Å². The van der Waals surface area contributed by atoms with E-state index < -0.39 is 11.6 Å². The van der Waals surface area contributed by atoms with Gasteiger partial charge in [-0.25, -0.2) is 18.7 Å². The molecule has 0 saturated carbocycles. The second-order valence-corrected chi connectivity index (χ2v) is 5.48. The average molecular weight is 305 g/mol. The Bertz CT molecular complexity index is 786. The normalized spacial score (nSPS) is 11.0. The van der Waals surface area contributed by atoms with Gasteiger partial charge in [-0.15, -0.1) is 11.3 Å². The lowest BCUT2D eigenvalue weighted by atomic mass is 10.2. The van der Waals surface area contributed by atoms with E-state index in [2.05, 4.69) is 15.3 Å². The van der Waals surface area contributed by atoms with Crippen LogP contribution in [0.2, 0.25) is 0 Å². The standard InChI is InChI=1S/C15H13F2N3S/c1-2-6-18-13-10-5-7-21-15(10)20-14(19-13)11-8-9(16)3-4-12(11)17/h3-5,7-8H,2,6H2,1H3,(H,18,19,20). The summed E-state index contributed by atoms with van der Waals surface area (Å²) in [5, 5.41) is 6.01. The van der Waals surface area contributed by atoms with Crippen molar-refractivity contribution in [3.05, 3.63) is 41.3 Å². The third kappa shape index (κ3) is 2.71. The van der Waals surface area contributed by atoms with E-state index in [1.54, 1.807) is 0 Å². The number of rotatable bonds is 4. The van der Waals surface area contributed by atoms with Gasteiger partial charge in [-0.1, -0.05) is 6.92 Å². The lowest BCUT2D eigenvalue weighted by molar-refractivity contribution is 0.602. The molecule has 0 aliphatic heterocycles. The molecule has 0 unspecified atom stereocenters. The van der Waals surface area contributed by atoms with E-state index in [9.17, 15) is 8.78 Å². The number of nitrogens with one attached hydrogen (secondary N) is 1. The minimum atomic E-state index is -0.534. The van der Waals surface area contributed by atoms with Crippen molar-refractivity contribution in [2.75, 3.05) is 11.9 Å². The van der Waals surface area contributed by atoms with Crippen LogP contribution in [0.15, 0.2) is 29.6 Å². The zero-order chi connectivity index (χ0) is 14.8. The first kappa shape index (κ1) is 13.9. The van der Waals surface area contributed by atoms with Crippen LogP contribution in [-0.2, 0) is 0 Å². The number of benzene rings is 1. The molecule has 3 nitrogen and oxygen atoms in total. The minimum Gasteiger partial charge on any atom is -0.369 e. The molecular weight excluding hydrogens is 292 g/mol. The van der Waals surface area contributed by atoms with Crippen molar-refractivity contribution in [1.82, 2.24) is 9.97 Å². The number of aromatic nitrogens is 2. The highest BCUT2D eigenvalue weighted by molar-refractivity contribution is 7.16. The first-order chi connectivity index (χ1) is 10.2. The first-order valence-corrected chi connectivity index (χ1v) is 7.51. The molecule has 2 heterocycles. The van der Waals surface area contributed by atoms with E-state index in [1.807, 2.05) is 18.4 Å².